The normalized spacial score (nSPS) is 17.7. The molecule has 1 amide bonds. The fourth-order valence-electron chi connectivity index (χ4n) is 4.09. The standard InChI is InChI=1S/C22H21Cl3N4O4/c23-14-10-26-11-15(24)17(14)20(30)28-13-5-4-12(27-9-13)8-16(21(31)32)29-18-19(25)33-22(18)6-2-1-3-7-22/h4-5,9-11,16,29H,1-3,6-8H2,(H,28,30)(H,31,32)/t16-/m0/s1. The lowest BCUT2D eigenvalue weighted by Crippen LogP contribution is -2.53. The molecule has 2 aromatic rings. The number of carbonyl (C=O) groups is 2. The molecule has 1 aliphatic heterocycles. The first-order valence-electron chi connectivity index (χ1n) is 10.4. The van der Waals surface area contributed by atoms with Crippen molar-refractivity contribution < 1.29 is 19.4 Å². The van der Waals surface area contributed by atoms with Gasteiger partial charge in [-0.2, -0.15) is 0 Å². The number of carboxylic acid groups (broad SMARTS) is 1. The quantitative estimate of drug-likeness (QED) is 0.491. The van der Waals surface area contributed by atoms with Crippen LogP contribution in [0.4, 0.5) is 5.69 Å². The van der Waals surface area contributed by atoms with Gasteiger partial charge in [0.1, 0.15) is 11.7 Å². The summed E-state index contributed by atoms with van der Waals surface area (Å²) in [5, 5.41) is 16.0. The number of carboxylic acids is 1. The Hall–Kier alpha value is -2.55. The van der Waals surface area contributed by atoms with E-state index in [4.69, 9.17) is 39.5 Å². The Bertz CT molecular complexity index is 1080. The number of halogens is 3. The van der Waals surface area contributed by atoms with Crippen molar-refractivity contribution in [2.45, 2.75) is 50.2 Å². The minimum atomic E-state index is -1.02. The first kappa shape index (κ1) is 23.6. The lowest BCUT2D eigenvalue weighted by Gasteiger charge is -2.47. The van der Waals surface area contributed by atoms with Crippen LogP contribution in [0, 0.1) is 0 Å². The van der Waals surface area contributed by atoms with Crippen LogP contribution in [0.15, 0.2) is 41.6 Å². The van der Waals surface area contributed by atoms with Gasteiger partial charge in [-0.25, -0.2) is 4.79 Å². The highest BCUT2D eigenvalue weighted by Crippen LogP contribution is 2.47. The Morgan fingerprint density at radius 3 is 2.36 bits per heavy atom. The van der Waals surface area contributed by atoms with E-state index in [1.54, 1.807) is 12.1 Å². The molecule has 1 fully saturated rings. The first-order chi connectivity index (χ1) is 15.8. The van der Waals surface area contributed by atoms with Crippen molar-refractivity contribution in [3.63, 3.8) is 0 Å². The Morgan fingerprint density at radius 1 is 1.09 bits per heavy atom. The predicted molar refractivity (Wildman–Crippen MR) is 124 cm³/mol. The molecule has 3 heterocycles. The zero-order valence-corrected chi connectivity index (χ0v) is 19.7. The van der Waals surface area contributed by atoms with Gasteiger partial charge in [0.05, 0.1) is 27.5 Å². The van der Waals surface area contributed by atoms with Gasteiger partial charge in [-0.1, -0.05) is 29.6 Å². The Morgan fingerprint density at radius 2 is 1.79 bits per heavy atom. The van der Waals surface area contributed by atoms with Gasteiger partial charge in [-0.15, -0.1) is 0 Å². The molecule has 174 valence electrons. The zero-order chi connectivity index (χ0) is 23.6. The monoisotopic (exact) mass is 510 g/mol. The molecule has 3 N–H and O–H groups in total. The molecule has 2 aromatic heterocycles. The fourth-order valence-corrected chi connectivity index (χ4v) is 5.00. The van der Waals surface area contributed by atoms with E-state index >= 15 is 0 Å². The average Bonchev–Trinajstić information content (AvgIpc) is 2.78. The van der Waals surface area contributed by atoms with Gasteiger partial charge < -0.3 is 20.5 Å². The SMILES string of the molecule is O=C(Nc1ccc(C[C@H](NC2=C(Cl)OC23CCCCC3)C(=O)O)nc1)c1c(Cl)cncc1Cl. The van der Waals surface area contributed by atoms with Crippen LogP contribution in [-0.4, -0.2) is 38.6 Å². The molecule has 1 saturated carbocycles. The number of nitrogens with zero attached hydrogens (tertiary/aromatic N) is 2. The number of rotatable bonds is 7. The first-order valence-corrected chi connectivity index (χ1v) is 11.6. The molecule has 8 nitrogen and oxygen atoms in total. The van der Waals surface area contributed by atoms with Crippen molar-refractivity contribution in [2.24, 2.45) is 0 Å². The summed E-state index contributed by atoms with van der Waals surface area (Å²) in [5.74, 6) is -1.53. The second-order valence-corrected chi connectivity index (χ2v) is 9.17. The summed E-state index contributed by atoms with van der Waals surface area (Å²) in [4.78, 5) is 32.5. The van der Waals surface area contributed by atoms with Gasteiger partial charge in [-0.3, -0.25) is 14.8 Å². The van der Waals surface area contributed by atoms with E-state index in [1.165, 1.54) is 18.6 Å². The molecule has 1 atom stereocenters. The lowest BCUT2D eigenvalue weighted by atomic mass is 9.80. The van der Waals surface area contributed by atoms with E-state index in [0.29, 0.717) is 17.1 Å². The highest BCUT2D eigenvalue weighted by molar-refractivity contribution is 6.40. The van der Waals surface area contributed by atoms with E-state index in [1.807, 2.05) is 0 Å². The second kappa shape index (κ2) is 9.75. The van der Waals surface area contributed by atoms with Crippen molar-refractivity contribution in [1.82, 2.24) is 15.3 Å². The largest absolute Gasteiger partial charge is 0.480 e. The maximum absolute atomic E-state index is 12.5. The van der Waals surface area contributed by atoms with Gasteiger partial charge in [0.15, 0.2) is 5.60 Å². The Balaban J connectivity index is 1.42. The van der Waals surface area contributed by atoms with Crippen molar-refractivity contribution in [1.29, 1.82) is 0 Å². The van der Waals surface area contributed by atoms with Crippen LogP contribution in [0.5, 0.6) is 0 Å². The minimum absolute atomic E-state index is 0.108. The number of hydrogen-bond acceptors (Lipinski definition) is 6. The molecule has 0 bridgehead atoms. The third-order valence-electron chi connectivity index (χ3n) is 5.79. The maximum atomic E-state index is 12.5. The summed E-state index contributed by atoms with van der Waals surface area (Å²) in [5.41, 5.74) is 1.21. The van der Waals surface area contributed by atoms with Crippen molar-refractivity contribution in [3.8, 4) is 0 Å². The maximum Gasteiger partial charge on any atom is 0.326 e. The number of ether oxygens (including phenoxy) is 1. The topological polar surface area (TPSA) is 113 Å². The van der Waals surface area contributed by atoms with Crippen LogP contribution >= 0.6 is 34.8 Å². The summed E-state index contributed by atoms with van der Waals surface area (Å²) in [6.45, 7) is 0. The summed E-state index contributed by atoms with van der Waals surface area (Å²) >= 11 is 18.2. The predicted octanol–water partition coefficient (Wildman–Crippen LogP) is 4.76. The van der Waals surface area contributed by atoms with Gasteiger partial charge in [0.2, 0.25) is 5.22 Å². The molecular weight excluding hydrogens is 491 g/mol. The molecule has 0 unspecified atom stereocenters. The number of nitrogens with one attached hydrogen (secondary N) is 2. The number of carbonyl (C=O) groups excluding carboxylic acids is 1. The average molecular weight is 512 g/mol. The van der Waals surface area contributed by atoms with Crippen LogP contribution < -0.4 is 10.6 Å². The summed E-state index contributed by atoms with van der Waals surface area (Å²) in [6, 6.07) is 2.34. The van der Waals surface area contributed by atoms with Crippen molar-refractivity contribution in [3.05, 3.63) is 62.9 Å². The van der Waals surface area contributed by atoms with Crippen LogP contribution in [-0.2, 0) is 16.0 Å². The highest BCUT2D eigenvalue weighted by atomic mass is 35.5. The molecule has 4 rings (SSSR count). The highest BCUT2D eigenvalue weighted by Gasteiger charge is 2.49. The molecule has 1 spiro atoms. The molecule has 2 aliphatic rings. The van der Waals surface area contributed by atoms with E-state index in [-0.39, 0.29) is 27.2 Å². The molecule has 33 heavy (non-hydrogen) atoms. The van der Waals surface area contributed by atoms with Crippen LogP contribution in [0.2, 0.25) is 10.0 Å². The Labute approximate surface area is 205 Å². The van der Waals surface area contributed by atoms with E-state index in [2.05, 4.69) is 20.6 Å². The lowest BCUT2D eigenvalue weighted by molar-refractivity contribution is -0.139. The van der Waals surface area contributed by atoms with Gasteiger partial charge in [-0.05, 0) is 49.4 Å². The molecule has 0 radical (unpaired) electrons. The molecule has 0 aromatic carbocycles. The number of aliphatic carboxylic acids is 1. The number of amides is 1. The van der Waals surface area contributed by atoms with Gasteiger partial charge in [0.25, 0.3) is 5.91 Å². The smallest absolute Gasteiger partial charge is 0.326 e. The number of anilines is 1. The van der Waals surface area contributed by atoms with E-state index in [0.717, 1.165) is 32.1 Å². The van der Waals surface area contributed by atoms with Crippen LogP contribution in [0.25, 0.3) is 0 Å². The van der Waals surface area contributed by atoms with Crippen molar-refractivity contribution >= 4 is 52.4 Å². The van der Waals surface area contributed by atoms with Crippen molar-refractivity contribution in [2.75, 3.05) is 5.32 Å². The zero-order valence-electron chi connectivity index (χ0n) is 17.4. The molecule has 11 heteroatoms. The minimum Gasteiger partial charge on any atom is -0.480 e. The summed E-state index contributed by atoms with van der Waals surface area (Å²) in [6.07, 6.45) is 9.00. The third kappa shape index (κ3) is 5.03. The van der Waals surface area contributed by atoms with Crippen LogP contribution in [0.3, 0.4) is 0 Å². The van der Waals surface area contributed by atoms with E-state index in [9.17, 15) is 14.7 Å². The van der Waals surface area contributed by atoms with Crippen LogP contribution in [0.1, 0.15) is 48.2 Å². The summed E-state index contributed by atoms with van der Waals surface area (Å²) in [7, 11) is 0. The summed E-state index contributed by atoms with van der Waals surface area (Å²) < 4.78 is 5.73. The molecule has 0 saturated heterocycles. The van der Waals surface area contributed by atoms with Gasteiger partial charge in [0, 0.05) is 24.5 Å². The molecular formula is C22H21Cl3N4O4. The van der Waals surface area contributed by atoms with E-state index < -0.39 is 23.5 Å². The number of aromatic nitrogens is 2. The third-order valence-corrected chi connectivity index (χ3v) is 6.63. The fraction of sp³-hybridized carbons (Fsp3) is 0.364. The second-order valence-electron chi connectivity index (χ2n) is 8.02. The Kier molecular flexibility index (Phi) is 6.97. The molecule has 1 aliphatic carbocycles. The van der Waals surface area contributed by atoms with Gasteiger partial charge >= 0.3 is 5.97 Å². The number of hydrogen-bond donors (Lipinski definition) is 3. The number of pyridine rings is 2.